The summed E-state index contributed by atoms with van der Waals surface area (Å²) < 4.78 is 50.3. The standard InChI is InChI=1S/C19H18FNO5S/c1-25-15-6-9-18-17(11-15)13(3-10-19(22)26-2)12-21(18)27(23,24)16-7-4-14(20)5-8-16/h4-9,11-12H,3,10H2,1-2H3. The molecule has 0 unspecified atom stereocenters. The van der Waals surface area contributed by atoms with Gasteiger partial charge in [0, 0.05) is 18.0 Å². The second kappa shape index (κ2) is 7.40. The summed E-state index contributed by atoms with van der Waals surface area (Å²) in [7, 11) is -1.12. The number of rotatable bonds is 6. The van der Waals surface area contributed by atoms with Gasteiger partial charge in [-0.25, -0.2) is 16.8 Å². The van der Waals surface area contributed by atoms with Crippen LogP contribution < -0.4 is 4.74 Å². The van der Waals surface area contributed by atoms with Crippen LogP contribution in [-0.2, 0) is 26.0 Å². The number of aromatic nitrogens is 1. The molecule has 0 aliphatic heterocycles. The van der Waals surface area contributed by atoms with Gasteiger partial charge in [-0.1, -0.05) is 0 Å². The summed E-state index contributed by atoms with van der Waals surface area (Å²) in [6, 6.07) is 9.64. The predicted octanol–water partition coefficient (Wildman–Crippen LogP) is 3.13. The third-order valence-corrected chi connectivity index (χ3v) is 5.94. The van der Waals surface area contributed by atoms with Crippen molar-refractivity contribution in [1.29, 1.82) is 0 Å². The Hall–Kier alpha value is -2.87. The predicted molar refractivity (Wildman–Crippen MR) is 97.8 cm³/mol. The van der Waals surface area contributed by atoms with Gasteiger partial charge in [-0.05, 0) is 54.4 Å². The Bertz CT molecular complexity index is 1090. The molecular formula is C19H18FNO5S. The van der Waals surface area contributed by atoms with Crippen molar-refractivity contribution in [2.75, 3.05) is 14.2 Å². The van der Waals surface area contributed by atoms with Crippen molar-refractivity contribution in [3.8, 4) is 5.75 Å². The first-order chi connectivity index (χ1) is 12.9. The number of halogens is 1. The highest BCUT2D eigenvalue weighted by Crippen LogP contribution is 2.30. The molecule has 3 rings (SSSR count). The van der Waals surface area contributed by atoms with Crippen molar-refractivity contribution in [2.24, 2.45) is 0 Å². The van der Waals surface area contributed by atoms with Crippen LogP contribution >= 0.6 is 0 Å². The van der Waals surface area contributed by atoms with Gasteiger partial charge in [-0.15, -0.1) is 0 Å². The Morgan fingerprint density at radius 3 is 2.44 bits per heavy atom. The number of methoxy groups -OCH3 is 2. The van der Waals surface area contributed by atoms with Gasteiger partial charge in [-0.3, -0.25) is 4.79 Å². The zero-order valence-corrected chi connectivity index (χ0v) is 15.6. The van der Waals surface area contributed by atoms with E-state index >= 15 is 0 Å². The van der Waals surface area contributed by atoms with Crippen LogP contribution in [0, 0.1) is 5.82 Å². The molecule has 8 heteroatoms. The smallest absolute Gasteiger partial charge is 0.305 e. The van der Waals surface area contributed by atoms with Gasteiger partial charge >= 0.3 is 5.97 Å². The molecule has 0 amide bonds. The lowest BCUT2D eigenvalue weighted by molar-refractivity contribution is -0.140. The molecule has 27 heavy (non-hydrogen) atoms. The van der Waals surface area contributed by atoms with Crippen LogP contribution in [0.2, 0.25) is 0 Å². The molecule has 1 aromatic heterocycles. The zero-order chi connectivity index (χ0) is 19.6. The summed E-state index contributed by atoms with van der Waals surface area (Å²) in [6.07, 6.45) is 1.90. The molecule has 0 aliphatic rings. The highest BCUT2D eigenvalue weighted by atomic mass is 32.2. The second-order valence-electron chi connectivity index (χ2n) is 5.87. The van der Waals surface area contributed by atoms with E-state index in [9.17, 15) is 17.6 Å². The van der Waals surface area contributed by atoms with E-state index in [0.717, 1.165) is 16.1 Å². The number of hydrogen-bond donors (Lipinski definition) is 0. The monoisotopic (exact) mass is 391 g/mol. The molecule has 1 heterocycles. The molecule has 3 aromatic rings. The molecule has 0 aliphatic carbocycles. The van der Waals surface area contributed by atoms with E-state index in [4.69, 9.17) is 4.74 Å². The number of carbonyl (C=O) groups is 1. The Morgan fingerprint density at radius 1 is 1.11 bits per heavy atom. The lowest BCUT2D eigenvalue weighted by Crippen LogP contribution is -2.12. The number of ether oxygens (including phenoxy) is 2. The zero-order valence-electron chi connectivity index (χ0n) is 14.8. The fourth-order valence-corrected chi connectivity index (χ4v) is 4.22. The van der Waals surface area contributed by atoms with Crippen molar-refractivity contribution in [2.45, 2.75) is 17.7 Å². The largest absolute Gasteiger partial charge is 0.497 e. The molecule has 0 saturated heterocycles. The summed E-state index contributed by atoms with van der Waals surface area (Å²) in [6.45, 7) is 0. The van der Waals surface area contributed by atoms with E-state index in [1.165, 1.54) is 32.5 Å². The molecule has 2 aromatic carbocycles. The minimum Gasteiger partial charge on any atom is -0.497 e. The maximum Gasteiger partial charge on any atom is 0.305 e. The first-order valence-corrected chi connectivity index (χ1v) is 9.56. The van der Waals surface area contributed by atoms with Crippen LogP contribution in [0.1, 0.15) is 12.0 Å². The van der Waals surface area contributed by atoms with E-state index in [-0.39, 0.29) is 17.3 Å². The second-order valence-corrected chi connectivity index (χ2v) is 7.68. The molecule has 142 valence electrons. The topological polar surface area (TPSA) is 74.6 Å². The number of esters is 1. The average Bonchev–Trinajstić information content (AvgIpc) is 3.05. The highest BCUT2D eigenvalue weighted by molar-refractivity contribution is 7.90. The van der Waals surface area contributed by atoms with E-state index in [1.54, 1.807) is 18.2 Å². The Balaban J connectivity index is 2.15. The van der Waals surface area contributed by atoms with Gasteiger partial charge in [0.1, 0.15) is 11.6 Å². The molecule has 6 nitrogen and oxygen atoms in total. The minimum atomic E-state index is -3.93. The summed E-state index contributed by atoms with van der Waals surface area (Å²) >= 11 is 0. The van der Waals surface area contributed by atoms with Gasteiger partial charge in [0.05, 0.1) is 24.6 Å². The highest BCUT2D eigenvalue weighted by Gasteiger charge is 2.22. The van der Waals surface area contributed by atoms with Crippen LogP contribution in [-0.4, -0.2) is 32.6 Å². The first kappa shape index (κ1) is 18.9. The fourth-order valence-electron chi connectivity index (χ4n) is 2.83. The van der Waals surface area contributed by atoms with E-state index in [2.05, 4.69) is 4.74 Å². The van der Waals surface area contributed by atoms with Crippen molar-refractivity contribution < 1.29 is 27.1 Å². The summed E-state index contributed by atoms with van der Waals surface area (Å²) in [5.74, 6) is -0.339. The number of carbonyl (C=O) groups excluding carboxylic acids is 1. The maximum absolute atomic E-state index is 13.2. The van der Waals surface area contributed by atoms with Crippen LogP contribution in [0.25, 0.3) is 10.9 Å². The number of nitrogens with zero attached hydrogens (tertiary/aromatic N) is 1. The Labute approximate surface area is 156 Å². The molecule has 0 saturated carbocycles. The lowest BCUT2D eigenvalue weighted by atomic mass is 10.1. The molecule has 0 bridgehead atoms. The number of aryl methyl sites for hydroxylation is 1. The van der Waals surface area contributed by atoms with E-state index in [1.807, 2.05) is 0 Å². The van der Waals surface area contributed by atoms with Crippen LogP contribution in [0.15, 0.2) is 53.6 Å². The van der Waals surface area contributed by atoms with Crippen molar-refractivity contribution in [3.05, 3.63) is 60.0 Å². The normalized spacial score (nSPS) is 11.5. The van der Waals surface area contributed by atoms with Crippen molar-refractivity contribution in [1.82, 2.24) is 3.97 Å². The minimum absolute atomic E-state index is 0.0314. The Kier molecular flexibility index (Phi) is 5.18. The van der Waals surface area contributed by atoms with Crippen molar-refractivity contribution in [3.63, 3.8) is 0 Å². The maximum atomic E-state index is 13.2. The van der Waals surface area contributed by atoms with Gasteiger partial charge in [0.25, 0.3) is 10.0 Å². The van der Waals surface area contributed by atoms with Gasteiger partial charge in [-0.2, -0.15) is 0 Å². The molecule has 0 atom stereocenters. The summed E-state index contributed by atoms with van der Waals surface area (Å²) in [5, 5.41) is 0.656. The van der Waals surface area contributed by atoms with Gasteiger partial charge < -0.3 is 9.47 Å². The third kappa shape index (κ3) is 3.66. The first-order valence-electron chi connectivity index (χ1n) is 8.12. The molecular weight excluding hydrogens is 373 g/mol. The number of fused-ring (bicyclic) bond motifs is 1. The molecule has 0 N–H and O–H groups in total. The number of hydrogen-bond acceptors (Lipinski definition) is 5. The molecule has 0 radical (unpaired) electrons. The van der Waals surface area contributed by atoms with Gasteiger partial charge in [0.2, 0.25) is 0 Å². The van der Waals surface area contributed by atoms with Crippen LogP contribution in [0.4, 0.5) is 4.39 Å². The summed E-state index contributed by atoms with van der Waals surface area (Å²) in [4.78, 5) is 11.5. The van der Waals surface area contributed by atoms with Crippen molar-refractivity contribution >= 4 is 26.9 Å². The SMILES string of the molecule is COC(=O)CCc1cn(S(=O)(=O)c2ccc(F)cc2)c2ccc(OC)cc12. The number of benzene rings is 2. The average molecular weight is 391 g/mol. The molecule has 0 spiro atoms. The van der Waals surface area contributed by atoms with Gasteiger partial charge in [0.15, 0.2) is 0 Å². The van der Waals surface area contributed by atoms with E-state index < -0.39 is 15.8 Å². The van der Waals surface area contributed by atoms with Crippen LogP contribution in [0.5, 0.6) is 5.75 Å². The fraction of sp³-hybridized carbons (Fsp3) is 0.211. The molecule has 0 fully saturated rings. The summed E-state index contributed by atoms with van der Waals surface area (Å²) in [5.41, 5.74) is 1.11. The van der Waals surface area contributed by atoms with E-state index in [0.29, 0.717) is 28.6 Å². The lowest BCUT2D eigenvalue weighted by Gasteiger charge is -2.08. The third-order valence-electron chi connectivity index (χ3n) is 4.26. The Morgan fingerprint density at radius 2 is 1.81 bits per heavy atom. The quantitative estimate of drug-likeness (QED) is 0.604. The van der Waals surface area contributed by atoms with Crippen LogP contribution in [0.3, 0.4) is 0 Å².